The molecule has 2 rings (SSSR count). The molecular formula is C12H18N4O5S. The lowest BCUT2D eigenvalue weighted by atomic mass is 9.98. The maximum atomic E-state index is 12.4. The highest BCUT2D eigenvalue weighted by molar-refractivity contribution is 7.89. The van der Waals surface area contributed by atoms with Crippen molar-refractivity contribution in [2.24, 2.45) is 11.7 Å². The second-order valence-electron chi connectivity index (χ2n) is 4.92. The molecule has 0 unspecified atom stereocenters. The molecule has 122 valence electrons. The van der Waals surface area contributed by atoms with Gasteiger partial charge in [0.15, 0.2) is 10.7 Å². The van der Waals surface area contributed by atoms with Crippen LogP contribution in [0.15, 0.2) is 11.1 Å². The summed E-state index contributed by atoms with van der Waals surface area (Å²) in [6, 6.07) is 1.15. The Hall–Kier alpha value is -1.94. The van der Waals surface area contributed by atoms with Gasteiger partial charge in [-0.25, -0.2) is 13.2 Å². The van der Waals surface area contributed by atoms with Crippen LogP contribution in [0.4, 0.5) is 0 Å². The van der Waals surface area contributed by atoms with Crippen molar-refractivity contribution >= 4 is 21.9 Å². The number of nitrogens with one attached hydrogen (secondary N) is 1. The Morgan fingerprint density at radius 2 is 2.09 bits per heavy atom. The monoisotopic (exact) mass is 330 g/mol. The summed E-state index contributed by atoms with van der Waals surface area (Å²) in [5, 5.41) is 5.83. The van der Waals surface area contributed by atoms with Gasteiger partial charge in [0.05, 0.1) is 6.61 Å². The van der Waals surface area contributed by atoms with Gasteiger partial charge in [-0.15, -0.1) is 0 Å². The third-order valence-corrected chi connectivity index (χ3v) is 5.32. The number of hydrogen-bond donors (Lipinski definition) is 2. The van der Waals surface area contributed by atoms with Crippen molar-refractivity contribution in [2.75, 3.05) is 19.7 Å². The first-order chi connectivity index (χ1) is 10.4. The third-order valence-electron chi connectivity index (χ3n) is 3.51. The highest BCUT2D eigenvalue weighted by Gasteiger charge is 2.32. The average molecular weight is 330 g/mol. The number of rotatable bonds is 5. The summed E-state index contributed by atoms with van der Waals surface area (Å²) >= 11 is 0. The number of ether oxygens (including phenoxy) is 1. The fourth-order valence-corrected chi connectivity index (χ4v) is 3.66. The van der Waals surface area contributed by atoms with Crippen molar-refractivity contribution in [1.29, 1.82) is 0 Å². The number of esters is 1. The molecule has 1 aromatic heterocycles. The molecule has 9 nitrogen and oxygen atoms in total. The van der Waals surface area contributed by atoms with Gasteiger partial charge in [0.25, 0.3) is 10.0 Å². The molecule has 0 saturated carbocycles. The van der Waals surface area contributed by atoms with E-state index >= 15 is 0 Å². The second kappa shape index (κ2) is 6.44. The molecule has 1 saturated heterocycles. The van der Waals surface area contributed by atoms with E-state index in [0.717, 1.165) is 6.07 Å². The molecule has 22 heavy (non-hydrogen) atoms. The van der Waals surface area contributed by atoms with Crippen LogP contribution in [-0.2, 0) is 19.6 Å². The summed E-state index contributed by atoms with van der Waals surface area (Å²) in [6.45, 7) is 2.22. The molecule has 0 aromatic carbocycles. The maximum Gasteiger partial charge on any atom is 0.358 e. The molecule has 3 N–H and O–H groups in total. The number of nitrogens with two attached hydrogens (primary N) is 1. The van der Waals surface area contributed by atoms with Crippen LogP contribution in [0.1, 0.15) is 30.3 Å². The Kier molecular flexibility index (Phi) is 4.81. The summed E-state index contributed by atoms with van der Waals surface area (Å²) in [7, 11) is -3.78. The first-order valence-electron chi connectivity index (χ1n) is 6.88. The van der Waals surface area contributed by atoms with Crippen LogP contribution in [0.2, 0.25) is 0 Å². The minimum Gasteiger partial charge on any atom is -0.461 e. The maximum absolute atomic E-state index is 12.4. The van der Waals surface area contributed by atoms with Crippen molar-refractivity contribution in [3.8, 4) is 0 Å². The fraction of sp³-hybridized carbons (Fsp3) is 0.583. The third kappa shape index (κ3) is 3.28. The summed E-state index contributed by atoms with van der Waals surface area (Å²) in [6.07, 6.45) is 0.765. The van der Waals surface area contributed by atoms with Gasteiger partial charge in [-0.05, 0) is 19.8 Å². The summed E-state index contributed by atoms with van der Waals surface area (Å²) in [5.41, 5.74) is 5.13. The van der Waals surface area contributed by atoms with Crippen LogP contribution < -0.4 is 5.73 Å². The number of primary amides is 1. The second-order valence-corrected chi connectivity index (χ2v) is 6.82. The van der Waals surface area contributed by atoms with E-state index in [-0.39, 0.29) is 36.3 Å². The standard InChI is InChI=1S/C12H18N4O5S/c1-2-21-12(18)9-7-10(15-14-9)22(19,20)16-5-3-8(4-6-16)11(13)17/h7-8H,2-6H2,1H3,(H2,13,17)(H,14,15). The number of sulfonamides is 1. The van der Waals surface area contributed by atoms with Crippen molar-refractivity contribution in [1.82, 2.24) is 14.5 Å². The lowest BCUT2D eigenvalue weighted by Gasteiger charge is -2.29. The molecule has 1 amide bonds. The number of hydrogen-bond acceptors (Lipinski definition) is 6. The van der Waals surface area contributed by atoms with Gasteiger partial charge in [-0.3, -0.25) is 9.89 Å². The summed E-state index contributed by atoms with van der Waals surface area (Å²) in [4.78, 5) is 22.6. The summed E-state index contributed by atoms with van der Waals surface area (Å²) in [5.74, 6) is -1.40. The van der Waals surface area contributed by atoms with E-state index in [2.05, 4.69) is 10.2 Å². The number of aromatic amines is 1. The number of piperidine rings is 1. The van der Waals surface area contributed by atoms with Gasteiger partial charge in [0, 0.05) is 25.1 Å². The van der Waals surface area contributed by atoms with Gasteiger partial charge in [-0.2, -0.15) is 9.40 Å². The van der Waals surface area contributed by atoms with Gasteiger partial charge >= 0.3 is 5.97 Å². The zero-order chi connectivity index (χ0) is 16.3. The van der Waals surface area contributed by atoms with Gasteiger partial charge in [-0.1, -0.05) is 0 Å². The van der Waals surface area contributed by atoms with Crippen molar-refractivity contribution in [3.05, 3.63) is 11.8 Å². The van der Waals surface area contributed by atoms with E-state index in [9.17, 15) is 18.0 Å². The Bertz CT molecular complexity index is 661. The smallest absolute Gasteiger partial charge is 0.358 e. The molecule has 2 heterocycles. The average Bonchev–Trinajstić information content (AvgIpc) is 2.98. The Morgan fingerprint density at radius 3 is 2.64 bits per heavy atom. The number of carbonyl (C=O) groups is 2. The quantitative estimate of drug-likeness (QED) is 0.697. The molecule has 1 aromatic rings. The SMILES string of the molecule is CCOC(=O)c1cc(S(=O)(=O)N2CCC(C(N)=O)CC2)[nH]n1. The normalized spacial score (nSPS) is 17.3. The van der Waals surface area contributed by atoms with Crippen molar-refractivity contribution in [3.63, 3.8) is 0 Å². The van der Waals surface area contributed by atoms with Gasteiger partial charge in [0.2, 0.25) is 5.91 Å². The topological polar surface area (TPSA) is 135 Å². The molecular weight excluding hydrogens is 312 g/mol. The van der Waals surface area contributed by atoms with Crippen LogP contribution in [0.3, 0.4) is 0 Å². The molecule has 0 bridgehead atoms. The molecule has 0 aliphatic carbocycles. The number of nitrogens with zero attached hydrogens (tertiary/aromatic N) is 2. The predicted octanol–water partition coefficient (Wildman–Crippen LogP) is -0.528. The van der Waals surface area contributed by atoms with Crippen LogP contribution in [0.5, 0.6) is 0 Å². The van der Waals surface area contributed by atoms with Crippen LogP contribution >= 0.6 is 0 Å². The first kappa shape index (κ1) is 16.4. The number of aromatic nitrogens is 2. The van der Waals surface area contributed by atoms with E-state index < -0.39 is 21.9 Å². The zero-order valence-electron chi connectivity index (χ0n) is 12.1. The largest absolute Gasteiger partial charge is 0.461 e. The van der Waals surface area contributed by atoms with E-state index in [1.165, 1.54) is 4.31 Å². The Labute approximate surface area is 127 Å². The van der Waals surface area contributed by atoms with E-state index in [0.29, 0.717) is 12.8 Å². The highest BCUT2D eigenvalue weighted by Crippen LogP contribution is 2.23. The van der Waals surface area contributed by atoms with Crippen LogP contribution in [0.25, 0.3) is 0 Å². The minimum atomic E-state index is -3.78. The van der Waals surface area contributed by atoms with Crippen LogP contribution in [0, 0.1) is 5.92 Å². The lowest BCUT2D eigenvalue weighted by Crippen LogP contribution is -2.41. The van der Waals surface area contributed by atoms with E-state index in [1.807, 2.05) is 0 Å². The molecule has 0 radical (unpaired) electrons. The molecule has 10 heteroatoms. The fourth-order valence-electron chi connectivity index (χ4n) is 2.27. The van der Waals surface area contributed by atoms with Crippen molar-refractivity contribution < 1.29 is 22.7 Å². The summed E-state index contributed by atoms with van der Waals surface area (Å²) < 4.78 is 30.9. The molecule has 1 aliphatic rings. The zero-order valence-corrected chi connectivity index (χ0v) is 12.9. The lowest BCUT2D eigenvalue weighted by molar-refractivity contribution is -0.122. The minimum absolute atomic E-state index is 0.0903. The number of carbonyl (C=O) groups excluding carboxylic acids is 2. The molecule has 1 aliphatic heterocycles. The highest BCUT2D eigenvalue weighted by atomic mass is 32.2. The van der Waals surface area contributed by atoms with E-state index in [4.69, 9.17) is 10.5 Å². The Balaban J connectivity index is 2.11. The number of amides is 1. The Morgan fingerprint density at radius 1 is 1.45 bits per heavy atom. The molecule has 1 fully saturated rings. The van der Waals surface area contributed by atoms with Gasteiger partial charge in [0.1, 0.15) is 0 Å². The first-order valence-corrected chi connectivity index (χ1v) is 8.32. The predicted molar refractivity (Wildman–Crippen MR) is 75.2 cm³/mol. The van der Waals surface area contributed by atoms with Crippen LogP contribution in [-0.4, -0.2) is 54.5 Å². The number of H-pyrrole nitrogens is 1. The van der Waals surface area contributed by atoms with Crippen molar-refractivity contribution in [2.45, 2.75) is 24.8 Å². The van der Waals surface area contributed by atoms with E-state index in [1.54, 1.807) is 6.92 Å². The molecule has 0 atom stereocenters. The molecule has 0 spiro atoms. The van der Waals surface area contributed by atoms with Gasteiger partial charge < -0.3 is 10.5 Å².